The van der Waals surface area contributed by atoms with E-state index in [0.717, 1.165) is 25.1 Å². The van der Waals surface area contributed by atoms with Crippen LogP contribution in [0.4, 0.5) is 5.69 Å². The minimum Gasteiger partial charge on any atom is -0.469 e. The summed E-state index contributed by atoms with van der Waals surface area (Å²) in [4.78, 5) is 2.24. The van der Waals surface area contributed by atoms with Crippen molar-refractivity contribution in [2.24, 2.45) is 0 Å². The highest BCUT2D eigenvalue weighted by Crippen LogP contribution is 2.30. The third-order valence-electron chi connectivity index (χ3n) is 3.47. The van der Waals surface area contributed by atoms with Crippen LogP contribution in [0.15, 0.2) is 48.5 Å². The van der Waals surface area contributed by atoms with E-state index in [9.17, 15) is 0 Å². The molecule has 0 heterocycles. The summed E-state index contributed by atoms with van der Waals surface area (Å²) in [7, 11) is 0. The van der Waals surface area contributed by atoms with Crippen molar-refractivity contribution in [1.29, 1.82) is 0 Å². The maximum Gasteiger partial charge on any atom is 0.169 e. The van der Waals surface area contributed by atoms with E-state index in [4.69, 9.17) is 27.9 Å². The number of ether oxygens (including phenoxy) is 1. The van der Waals surface area contributed by atoms with Gasteiger partial charge in [0.15, 0.2) is 6.23 Å². The van der Waals surface area contributed by atoms with Crippen molar-refractivity contribution in [3.8, 4) is 5.75 Å². The minimum absolute atomic E-state index is 0.134. The lowest BCUT2D eigenvalue weighted by molar-refractivity contribution is 0.214. The Balaban J connectivity index is 2.18. The van der Waals surface area contributed by atoms with Crippen LogP contribution in [0.5, 0.6) is 5.75 Å². The lowest BCUT2D eigenvalue weighted by Gasteiger charge is -2.31. The summed E-state index contributed by atoms with van der Waals surface area (Å²) in [5.74, 6) is 0.610. The molecule has 2 rings (SSSR count). The van der Waals surface area contributed by atoms with E-state index in [-0.39, 0.29) is 6.23 Å². The molecule has 0 amide bonds. The first-order valence-electron chi connectivity index (χ1n) is 7.55. The molecular formula is C18H21Cl2NO. The summed E-state index contributed by atoms with van der Waals surface area (Å²) in [6.45, 7) is 5.14. The smallest absolute Gasteiger partial charge is 0.169 e. The van der Waals surface area contributed by atoms with E-state index in [0.29, 0.717) is 15.8 Å². The number of anilines is 1. The van der Waals surface area contributed by atoms with Crippen LogP contribution < -0.4 is 9.64 Å². The SMILES string of the molecule is CCCCN(c1ccccc1)C(C)Oc1cc(Cl)ccc1Cl. The number of halogens is 2. The van der Waals surface area contributed by atoms with Crippen molar-refractivity contribution >= 4 is 28.9 Å². The molecule has 118 valence electrons. The summed E-state index contributed by atoms with van der Waals surface area (Å²) >= 11 is 12.2. The van der Waals surface area contributed by atoms with Crippen molar-refractivity contribution in [3.63, 3.8) is 0 Å². The van der Waals surface area contributed by atoms with Crippen LogP contribution in [0.3, 0.4) is 0 Å². The standard InChI is InChI=1S/C18H21Cl2NO/c1-3-4-12-21(16-8-6-5-7-9-16)14(2)22-18-13-15(19)10-11-17(18)20/h5-11,13-14H,3-4,12H2,1-2H3. The van der Waals surface area contributed by atoms with Gasteiger partial charge in [-0.25, -0.2) is 0 Å². The normalized spacial score (nSPS) is 12.0. The number of rotatable bonds is 7. The molecule has 22 heavy (non-hydrogen) atoms. The molecule has 0 radical (unpaired) electrons. The van der Waals surface area contributed by atoms with Gasteiger partial charge in [0.05, 0.1) is 5.02 Å². The number of hydrogen-bond donors (Lipinski definition) is 0. The lowest BCUT2D eigenvalue weighted by atomic mass is 10.2. The number of para-hydroxylation sites is 1. The van der Waals surface area contributed by atoms with Crippen molar-refractivity contribution in [2.75, 3.05) is 11.4 Å². The Labute approximate surface area is 142 Å². The molecule has 0 aliphatic rings. The second-order valence-electron chi connectivity index (χ2n) is 5.17. The van der Waals surface area contributed by atoms with Crippen LogP contribution in [0.25, 0.3) is 0 Å². The molecule has 2 aromatic rings. The Bertz CT molecular complexity index is 589. The fraction of sp³-hybridized carbons (Fsp3) is 0.333. The van der Waals surface area contributed by atoms with E-state index in [1.165, 1.54) is 0 Å². The first kappa shape index (κ1) is 17.0. The third kappa shape index (κ3) is 4.56. The third-order valence-corrected chi connectivity index (χ3v) is 4.02. The Morgan fingerprint density at radius 3 is 2.50 bits per heavy atom. The van der Waals surface area contributed by atoms with Gasteiger partial charge in [-0.2, -0.15) is 0 Å². The van der Waals surface area contributed by atoms with Crippen LogP contribution in [-0.4, -0.2) is 12.8 Å². The maximum atomic E-state index is 6.19. The highest BCUT2D eigenvalue weighted by Gasteiger charge is 2.17. The fourth-order valence-corrected chi connectivity index (χ4v) is 2.61. The Morgan fingerprint density at radius 2 is 1.82 bits per heavy atom. The van der Waals surface area contributed by atoms with Crippen LogP contribution >= 0.6 is 23.2 Å². The van der Waals surface area contributed by atoms with Gasteiger partial charge in [-0.3, -0.25) is 0 Å². The van der Waals surface area contributed by atoms with Crippen molar-refractivity contribution in [2.45, 2.75) is 32.9 Å². The molecule has 0 bridgehead atoms. The topological polar surface area (TPSA) is 12.5 Å². The summed E-state index contributed by atoms with van der Waals surface area (Å²) in [6, 6.07) is 15.5. The zero-order chi connectivity index (χ0) is 15.9. The molecule has 2 nitrogen and oxygen atoms in total. The first-order chi connectivity index (χ1) is 10.6. The number of nitrogens with zero attached hydrogens (tertiary/aromatic N) is 1. The van der Waals surface area contributed by atoms with Gasteiger partial charge in [-0.15, -0.1) is 0 Å². The minimum atomic E-state index is -0.134. The quantitative estimate of drug-likeness (QED) is 0.572. The van der Waals surface area contributed by atoms with Crippen molar-refractivity contribution in [3.05, 3.63) is 58.6 Å². The molecule has 0 aliphatic heterocycles. The lowest BCUT2D eigenvalue weighted by Crippen LogP contribution is -2.38. The molecule has 0 N–H and O–H groups in total. The van der Waals surface area contributed by atoms with Crippen LogP contribution in [0.1, 0.15) is 26.7 Å². The highest BCUT2D eigenvalue weighted by atomic mass is 35.5. The van der Waals surface area contributed by atoms with Gasteiger partial charge in [0.25, 0.3) is 0 Å². The molecule has 0 spiro atoms. The highest BCUT2D eigenvalue weighted by molar-refractivity contribution is 6.34. The first-order valence-corrected chi connectivity index (χ1v) is 8.30. The van der Waals surface area contributed by atoms with E-state index in [1.54, 1.807) is 18.2 Å². The Kier molecular flexibility index (Phi) is 6.41. The zero-order valence-electron chi connectivity index (χ0n) is 12.9. The molecule has 4 heteroatoms. The average Bonchev–Trinajstić information content (AvgIpc) is 2.52. The summed E-state index contributed by atoms with van der Waals surface area (Å²) < 4.78 is 6.05. The van der Waals surface area contributed by atoms with Gasteiger partial charge < -0.3 is 9.64 Å². The van der Waals surface area contributed by atoms with Gasteiger partial charge in [0.1, 0.15) is 5.75 Å². The zero-order valence-corrected chi connectivity index (χ0v) is 14.4. The molecule has 0 saturated carbocycles. The molecule has 1 unspecified atom stereocenters. The Hall–Kier alpha value is -1.38. The van der Waals surface area contributed by atoms with Gasteiger partial charge in [-0.05, 0) is 37.6 Å². The summed E-state index contributed by atoms with van der Waals surface area (Å²) in [6.07, 6.45) is 2.10. The summed E-state index contributed by atoms with van der Waals surface area (Å²) in [5.41, 5.74) is 1.14. The summed E-state index contributed by atoms with van der Waals surface area (Å²) in [5, 5.41) is 1.19. The molecule has 2 aromatic carbocycles. The fourth-order valence-electron chi connectivity index (χ4n) is 2.28. The molecular weight excluding hydrogens is 317 g/mol. The van der Waals surface area contributed by atoms with Gasteiger partial charge in [-0.1, -0.05) is 54.7 Å². The van der Waals surface area contributed by atoms with Crippen molar-refractivity contribution in [1.82, 2.24) is 0 Å². The largest absolute Gasteiger partial charge is 0.469 e. The molecule has 1 atom stereocenters. The van der Waals surface area contributed by atoms with Gasteiger partial charge in [0, 0.05) is 23.3 Å². The number of benzene rings is 2. The molecule has 0 fully saturated rings. The molecule has 0 aliphatic carbocycles. The predicted octanol–water partition coefficient (Wildman–Crippen LogP) is 6.02. The van der Waals surface area contributed by atoms with Crippen LogP contribution in [-0.2, 0) is 0 Å². The maximum absolute atomic E-state index is 6.19. The van der Waals surface area contributed by atoms with Crippen LogP contribution in [0, 0.1) is 0 Å². The van der Waals surface area contributed by atoms with Gasteiger partial charge >= 0.3 is 0 Å². The van der Waals surface area contributed by atoms with Crippen LogP contribution in [0.2, 0.25) is 10.0 Å². The second kappa shape index (κ2) is 8.30. The van der Waals surface area contributed by atoms with Gasteiger partial charge in [0.2, 0.25) is 0 Å². The second-order valence-corrected chi connectivity index (χ2v) is 6.02. The van der Waals surface area contributed by atoms with E-state index < -0.39 is 0 Å². The number of unbranched alkanes of at least 4 members (excludes halogenated alkanes) is 1. The van der Waals surface area contributed by atoms with E-state index in [2.05, 4.69) is 24.0 Å². The Morgan fingerprint density at radius 1 is 1.09 bits per heavy atom. The molecule has 0 saturated heterocycles. The number of hydrogen-bond acceptors (Lipinski definition) is 2. The predicted molar refractivity (Wildman–Crippen MR) is 95.2 cm³/mol. The van der Waals surface area contributed by atoms with Crippen molar-refractivity contribution < 1.29 is 4.74 Å². The molecule has 0 aromatic heterocycles. The van der Waals surface area contributed by atoms with E-state index >= 15 is 0 Å². The monoisotopic (exact) mass is 337 g/mol. The van der Waals surface area contributed by atoms with E-state index in [1.807, 2.05) is 25.1 Å². The average molecular weight is 338 g/mol.